The Bertz CT molecular complexity index is 395. The summed E-state index contributed by atoms with van der Waals surface area (Å²) in [5.41, 5.74) is 2.19. The highest BCUT2D eigenvalue weighted by atomic mass is 79.9. The highest BCUT2D eigenvalue weighted by Crippen LogP contribution is 2.28. The summed E-state index contributed by atoms with van der Waals surface area (Å²) in [6.45, 7) is 2.08. The maximum Gasteiger partial charge on any atom is 0.123 e. The average molecular weight is 301 g/mol. The van der Waals surface area contributed by atoms with Gasteiger partial charge in [-0.05, 0) is 44.3 Å². The zero-order chi connectivity index (χ0) is 12.4. The summed E-state index contributed by atoms with van der Waals surface area (Å²) in [5, 5.41) is 0.698. The first-order chi connectivity index (χ1) is 8.11. The Morgan fingerprint density at radius 1 is 1.47 bits per heavy atom. The van der Waals surface area contributed by atoms with Gasteiger partial charge in [0.25, 0.3) is 0 Å². The summed E-state index contributed by atoms with van der Waals surface area (Å²) < 4.78 is 13.2. The Hall–Kier alpha value is -0.610. The highest BCUT2D eigenvalue weighted by molar-refractivity contribution is 9.08. The summed E-state index contributed by atoms with van der Waals surface area (Å²) in [4.78, 5) is 4.61. The van der Waals surface area contributed by atoms with Crippen molar-refractivity contribution in [3.8, 4) is 0 Å². The van der Waals surface area contributed by atoms with Crippen molar-refractivity contribution in [1.29, 1.82) is 0 Å². The molecule has 1 atom stereocenters. The Kier molecular flexibility index (Phi) is 4.05. The number of hydrogen-bond donors (Lipinski definition) is 0. The number of benzene rings is 1. The van der Waals surface area contributed by atoms with E-state index in [4.69, 9.17) is 0 Å². The molecule has 4 heteroatoms. The smallest absolute Gasteiger partial charge is 0.123 e. The van der Waals surface area contributed by atoms with Crippen LogP contribution in [0, 0.1) is 5.82 Å². The molecule has 94 valence electrons. The molecule has 0 aromatic heterocycles. The van der Waals surface area contributed by atoms with E-state index >= 15 is 0 Å². The monoisotopic (exact) mass is 300 g/mol. The van der Waals surface area contributed by atoms with Crippen molar-refractivity contribution in [1.82, 2.24) is 4.90 Å². The number of rotatable bonds is 3. The first kappa shape index (κ1) is 12.8. The van der Waals surface area contributed by atoms with Crippen LogP contribution in [0.2, 0.25) is 0 Å². The second-order valence-electron chi connectivity index (χ2n) is 4.76. The number of anilines is 1. The zero-order valence-electron chi connectivity index (χ0n) is 10.3. The molecule has 1 heterocycles. The molecule has 0 aliphatic carbocycles. The van der Waals surface area contributed by atoms with E-state index in [2.05, 4.69) is 39.8 Å². The number of likely N-dealkylation sites (N-methyl/N-ethyl adjacent to an activating group) is 1. The van der Waals surface area contributed by atoms with Crippen molar-refractivity contribution < 1.29 is 4.39 Å². The van der Waals surface area contributed by atoms with Gasteiger partial charge in [0.1, 0.15) is 5.82 Å². The Balaban J connectivity index is 2.18. The van der Waals surface area contributed by atoms with Crippen LogP contribution in [0.4, 0.5) is 10.1 Å². The molecule has 1 fully saturated rings. The van der Waals surface area contributed by atoms with Gasteiger partial charge in [0.2, 0.25) is 0 Å². The molecule has 0 N–H and O–H groups in total. The molecule has 1 aromatic rings. The van der Waals surface area contributed by atoms with Gasteiger partial charge in [-0.2, -0.15) is 0 Å². The molecule has 1 saturated heterocycles. The van der Waals surface area contributed by atoms with Gasteiger partial charge in [-0.15, -0.1) is 0 Å². The van der Waals surface area contributed by atoms with Crippen molar-refractivity contribution >= 4 is 21.6 Å². The van der Waals surface area contributed by atoms with E-state index in [1.807, 2.05) is 6.07 Å². The highest BCUT2D eigenvalue weighted by Gasteiger charge is 2.25. The molecule has 0 bridgehead atoms. The van der Waals surface area contributed by atoms with E-state index in [1.54, 1.807) is 12.1 Å². The third kappa shape index (κ3) is 2.80. The summed E-state index contributed by atoms with van der Waals surface area (Å²) in [5.74, 6) is -0.161. The predicted octanol–water partition coefficient (Wildman–Crippen LogP) is 2.86. The number of nitrogens with zero attached hydrogens (tertiary/aromatic N) is 2. The van der Waals surface area contributed by atoms with Crippen molar-refractivity contribution in [3.63, 3.8) is 0 Å². The number of halogens is 2. The lowest BCUT2D eigenvalue weighted by Crippen LogP contribution is -2.31. The second-order valence-corrected chi connectivity index (χ2v) is 5.32. The topological polar surface area (TPSA) is 6.48 Å². The van der Waals surface area contributed by atoms with E-state index in [0.717, 1.165) is 24.3 Å². The lowest BCUT2D eigenvalue weighted by Gasteiger charge is -2.23. The summed E-state index contributed by atoms with van der Waals surface area (Å²) in [6, 6.07) is 5.66. The van der Waals surface area contributed by atoms with Crippen LogP contribution in [0.15, 0.2) is 18.2 Å². The maximum atomic E-state index is 13.2. The fraction of sp³-hybridized carbons (Fsp3) is 0.538. The number of hydrogen-bond acceptors (Lipinski definition) is 2. The predicted molar refractivity (Wildman–Crippen MR) is 73.3 cm³/mol. The van der Waals surface area contributed by atoms with Crippen LogP contribution in [0.1, 0.15) is 12.0 Å². The summed E-state index contributed by atoms with van der Waals surface area (Å²) in [6.07, 6.45) is 1.17. The molecule has 1 aliphatic heterocycles. The third-order valence-electron chi connectivity index (χ3n) is 3.42. The molecule has 1 unspecified atom stereocenters. The molecule has 1 aliphatic rings. The van der Waals surface area contributed by atoms with Crippen molar-refractivity contribution in [2.45, 2.75) is 17.8 Å². The van der Waals surface area contributed by atoms with E-state index in [9.17, 15) is 4.39 Å². The molecule has 0 saturated carbocycles. The molecule has 0 amide bonds. The van der Waals surface area contributed by atoms with E-state index in [1.165, 1.54) is 6.42 Å². The maximum absolute atomic E-state index is 13.2. The summed E-state index contributed by atoms with van der Waals surface area (Å²) in [7, 11) is 4.23. The molecule has 0 radical (unpaired) electrons. The Labute approximate surface area is 111 Å². The van der Waals surface area contributed by atoms with Crippen LogP contribution in [0.25, 0.3) is 0 Å². The molecular weight excluding hydrogens is 283 g/mol. The number of alkyl halides is 1. The standard InChI is InChI=1S/C13H18BrFN2/c1-16(2)12-5-6-17(9-12)13-4-3-11(15)7-10(13)8-14/h3-4,7,12H,5-6,8-9H2,1-2H3. The molecular formula is C13H18BrFN2. The van der Waals surface area contributed by atoms with Gasteiger partial charge in [0.05, 0.1) is 0 Å². The van der Waals surface area contributed by atoms with Crippen LogP contribution in [-0.2, 0) is 5.33 Å². The van der Waals surface area contributed by atoms with Gasteiger partial charge in [-0.1, -0.05) is 15.9 Å². The summed E-state index contributed by atoms with van der Waals surface area (Å²) >= 11 is 3.43. The van der Waals surface area contributed by atoms with Gasteiger partial charge in [0, 0.05) is 30.1 Å². The van der Waals surface area contributed by atoms with Gasteiger partial charge >= 0.3 is 0 Å². The van der Waals surface area contributed by atoms with Gasteiger partial charge in [-0.3, -0.25) is 0 Å². The SMILES string of the molecule is CN(C)C1CCN(c2ccc(F)cc2CBr)C1. The van der Waals surface area contributed by atoms with Crippen molar-refractivity contribution in [2.24, 2.45) is 0 Å². The largest absolute Gasteiger partial charge is 0.370 e. The van der Waals surface area contributed by atoms with Crippen molar-refractivity contribution in [2.75, 3.05) is 32.1 Å². The molecule has 1 aromatic carbocycles. The lowest BCUT2D eigenvalue weighted by atomic mass is 10.2. The minimum absolute atomic E-state index is 0.161. The van der Waals surface area contributed by atoms with Crippen LogP contribution >= 0.6 is 15.9 Å². The average Bonchev–Trinajstić information content (AvgIpc) is 2.78. The minimum atomic E-state index is -0.161. The van der Waals surface area contributed by atoms with E-state index in [0.29, 0.717) is 11.4 Å². The van der Waals surface area contributed by atoms with Gasteiger partial charge in [-0.25, -0.2) is 4.39 Å². The first-order valence-electron chi connectivity index (χ1n) is 5.87. The fourth-order valence-corrected chi connectivity index (χ4v) is 2.80. The fourth-order valence-electron chi connectivity index (χ4n) is 2.35. The van der Waals surface area contributed by atoms with E-state index in [-0.39, 0.29) is 5.82 Å². The normalized spacial score (nSPS) is 20.3. The third-order valence-corrected chi connectivity index (χ3v) is 4.02. The molecule has 2 rings (SSSR count). The molecule has 2 nitrogen and oxygen atoms in total. The van der Waals surface area contributed by atoms with Crippen LogP contribution in [-0.4, -0.2) is 38.1 Å². The van der Waals surface area contributed by atoms with Crippen LogP contribution in [0.3, 0.4) is 0 Å². The van der Waals surface area contributed by atoms with Crippen LogP contribution in [0.5, 0.6) is 0 Å². The quantitative estimate of drug-likeness (QED) is 0.792. The van der Waals surface area contributed by atoms with Gasteiger partial charge in [0.15, 0.2) is 0 Å². The molecule has 17 heavy (non-hydrogen) atoms. The van der Waals surface area contributed by atoms with E-state index < -0.39 is 0 Å². The van der Waals surface area contributed by atoms with Crippen LogP contribution < -0.4 is 4.90 Å². The second kappa shape index (κ2) is 5.36. The van der Waals surface area contributed by atoms with Crippen molar-refractivity contribution in [3.05, 3.63) is 29.6 Å². The Morgan fingerprint density at radius 2 is 2.24 bits per heavy atom. The zero-order valence-corrected chi connectivity index (χ0v) is 11.9. The van der Waals surface area contributed by atoms with Gasteiger partial charge < -0.3 is 9.80 Å². The lowest BCUT2D eigenvalue weighted by molar-refractivity contribution is 0.315. The first-order valence-corrected chi connectivity index (χ1v) is 6.99. The molecule has 0 spiro atoms. The minimum Gasteiger partial charge on any atom is -0.370 e. The Morgan fingerprint density at radius 3 is 2.82 bits per heavy atom.